The van der Waals surface area contributed by atoms with Crippen molar-refractivity contribution in [2.24, 2.45) is 0 Å². The summed E-state index contributed by atoms with van der Waals surface area (Å²) in [6.45, 7) is 18.2. The largest absolute Gasteiger partial charge is 0.510 e. The Labute approximate surface area is 471 Å². The molecule has 9 aromatic carbocycles. The number of aromatic nitrogens is 5. The molecule has 4 heterocycles. The van der Waals surface area contributed by atoms with Gasteiger partial charge in [0.15, 0.2) is 0 Å². The molecule has 0 radical (unpaired) electrons. The van der Waals surface area contributed by atoms with Gasteiger partial charge in [-0.25, -0.2) is 4.98 Å². The van der Waals surface area contributed by atoms with Crippen molar-refractivity contribution in [2.45, 2.75) is 72.1 Å². The summed E-state index contributed by atoms with van der Waals surface area (Å²) in [4.78, 5) is 5.02. The van der Waals surface area contributed by atoms with Crippen LogP contribution in [0.15, 0.2) is 206 Å². The molecule has 0 bridgehead atoms. The van der Waals surface area contributed by atoms with Crippen LogP contribution in [0.5, 0.6) is 11.5 Å². The van der Waals surface area contributed by atoms with Crippen molar-refractivity contribution in [1.29, 1.82) is 0 Å². The third kappa shape index (κ3) is 8.73. The van der Waals surface area contributed by atoms with E-state index in [9.17, 15) is 0 Å². The van der Waals surface area contributed by atoms with E-state index >= 15 is 0 Å². The van der Waals surface area contributed by atoms with Gasteiger partial charge in [-0.15, -0.1) is 24.3 Å². The normalized spacial score (nSPS) is 12.1. The smallest absolute Gasteiger partial charge is 0.268 e. The number of fused-ring (bicyclic) bond motifs is 7. The standard InChI is InChI=1S/C71H59N5O.Pt/c1-46(2)48-36-37-72-67(40-48)76-62-33-17-14-28-59(62)68-65(75-60-31-15-12-26-57(60)58-27-13-16-32-61(58)75)43-54(44-66(68)76)77-53-25-20-24-52(42-53)73-45-74(64-35-19-18-34-63(64)73)69-55(47-22-10-9-11-23-47)29-21-30-56(69)49-38-50(70(3,4)5)41-51(39-49)71(6,7)8;/h9-41,43,46H,1-8H3;/q-2;. The summed E-state index contributed by atoms with van der Waals surface area (Å²) < 4.78 is 16.1. The maximum absolute atomic E-state index is 7.10. The summed E-state index contributed by atoms with van der Waals surface area (Å²) >= 11 is 0. The number of hydrogen-bond donors (Lipinski definition) is 0. The molecule has 0 saturated carbocycles. The van der Waals surface area contributed by atoms with Gasteiger partial charge in [0.1, 0.15) is 5.82 Å². The fourth-order valence-electron chi connectivity index (χ4n) is 11.2. The molecule has 6 nitrogen and oxygen atoms in total. The average Bonchev–Trinajstić information content (AvgIpc) is 4.23. The molecule has 0 saturated heterocycles. The van der Waals surface area contributed by atoms with E-state index in [0.717, 1.165) is 83.4 Å². The first-order chi connectivity index (χ1) is 37.3. The second-order valence-electron chi connectivity index (χ2n) is 22.7. The number of nitrogens with zero attached hydrogens (tertiary/aromatic N) is 5. The van der Waals surface area contributed by atoms with Gasteiger partial charge in [0.05, 0.1) is 27.8 Å². The molecule has 0 N–H and O–H groups in total. The van der Waals surface area contributed by atoms with Gasteiger partial charge >= 0.3 is 0 Å². The number of hydrogen-bond acceptors (Lipinski definition) is 2. The minimum absolute atomic E-state index is 0. The number of rotatable bonds is 9. The molecular weight excluding hydrogens is 1130 g/mol. The van der Waals surface area contributed by atoms with E-state index in [1.807, 2.05) is 18.3 Å². The number of benzene rings is 9. The number of para-hydroxylation sites is 6. The molecule has 13 aromatic rings. The molecule has 0 unspecified atom stereocenters. The second-order valence-corrected chi connectivity index (χ2v) is 22.7. The second kappa shape index (κ2) is 19.6. The van der Waals surface area contributed by atoms with Gasteiger partial charge in [0.2, 0.25) is 0 Å². The molecule has 0 amide bonds. The Morgan fingerprint density at radius 1 is 0.513 bits per heavy atom. The topological polar surface area (TPSA) is 40.8 Å². The van der Waals surface area contributed by atoms with E-state index in [4.69, 9.17) is 9.72 Å². The molecule has 13 rings (SSSR count). The Kier molecular flexibility index (Phi) is 12.7. The molecule has 386 valence electrons. The van der Waals surface area contributed by atoms with Crippen molar-refractivity contribution < 1.29 is 30.4 Å². The maximum atomic E-state index is 7.10. The van der Waals surface area contributed by atoms with E-state index in [-0.39, 0.29) is 31.9 Å². The fraction of sp³-hybridized carbons (Fsp3) is 0.155. The summed E-state index contributed by atoms with van der Waals surface area (Å²) in [5.41, 5.74) is 17.2. The molecule has 7 heteroatoms. The molecule has 0 aliphatic carbocycles. The van der Waals surface area contributed by atoms with Crippen LogP contribution in [0.25, 0.3) is 99.8 Å². The zero-order chi connectivity index (χ0) is 52.7. The van der Waals surface area contributed by atoms with Crippen LogP contribution in [0.4, 0.5) is 0 Å². The minimum atomic E-state index is -0.0589. The van der Waals surface area contributed by atoms with Gasteiger partial charge in [-0.2, -0.15) is 12.1 Å². The summed E-state index contributed by atoms with van der Waals surface area (Å²) in [6.07, 6.45) is 5.80. The van der Waals surface area contributed by atoms with Gasteiger partial charge in [0, 0.05) is 55.1 Å². The quantitative estimate of drug-likeness (QED) is 0.107. The Morgan fingerprint density at radius 3 is 1.74 bits per heavy atom. The molecule has 78 heavy (non-hydrogen) atoms. The Morgan fingerprint density at radius 2 is 1.09 bits per heavy atom. The molecule has 0 spiro atoms. The van der Waals surface area contributed by atoms with Crippen LogP contribution >= 0.6 is 0 Å². The van der Waals surface area contributed by atoms with Gasteiger partial charge < -0.3 is 18.4 Å². The number of imidazole rings is 1. The Hall–Kier alpha value is -8.31. The zero-order valence-electron chi connectivity index (χ0n) is 45.2. The van der Waals surface area contributed by atoms with Crippen LogP contribution in [-0.4, -0.2) is 18.7 Å². The van der Waals surface area contributed by atoms with Crippen LogP contribution in [0.1, 0.15) is 78.0 Å². The molecule has 0 aliphatic heterocycles. The van der Waals surface area contributed by atoms with Crippen molar-refractivity contribution in [3.8, 4) is 56.6 Å². The first-order valence-electron chi connectivity index (χ1n) is 26.7. The van der Waals surface area contributed by atoms with Crippen LogP contribution in [-0.2, 0) is 31.9 Å². The van der Waals surface area contributed by atoms with E-state index in [1.54, 1.807) is 0 Å². The van der Waals surface area contributed by atoms with E-state index in [2.05, 4.69) is 280 Å². The average molecular weight is 1190 g/mol. The van der Waals surface area contributed by atoms with Crippen molar-refractivity contribution in [1.82, 2.24) is 18.7 Å². The number of ether oxygens (including phenoxy) is 1. The maximum Gasteiger partial charge on any atom is 0.268 e. The SMILES string of the molecule is CC(C)c1ccnc(-n2c3[c-]c(Oc4[c-]c(-n5[c-][n+](-c6c(-c7ccccc7)cccc6-c6cc(C(C)(C)C)cc(C(C)(C)C)c6)c6ccccc65)ccc4)cc(-n4c5ccccc5c5ccccc54)c3c3ccccc32)c1.[Pt]. The first-order valence-corrected chi connectivity index (χ1v) is 26.7. The van der Waals surface area contributed by atoms with Crippen molar-refractivity contribution in [3.05, 3.63) is 242 Å². The zero-order valence-corrected chi connectivity index (χ0v) is 47.4. The monoisotopic (exact) mass is 1190 g/mol. The summed E-state index contributed by atoms with van der Waals surface area (Å²) in [7, 11) is 0. The molecule has 4 aromatic heterocycles. The van der Waals surface area contributed by atoms with Gasteiger partial charge in [-0.05, 0) is 103 Å². The van der Waals surface area contributed by atoms with E-state index < -0.39 is 0 Å². The van der Waals surface area contributed by atoms with Crippen LogP contribution in [0.2, 0.25) is 0 Å². The summed E-state index contributed by atoms with van der Waals surface area (Å²) in [6, 6.07) is 79.1. The molecule has 0 atom stereocenters. The predicted octanol–water partition coefficient (Wildman–Crippen LogP) is 17.7. The third-order valence-electron chi connectivity index (χ3n) is 15.2. The number of pyridine rings is 1. The molecular formula is C71H59N5OPt-2. The van der Waals surface area contributed by atoms with E-state index in [1.165, 1.54) is 33.0 Å². The van der Waals surface area contributed by atoms with Gasteiger partial charge in [0.25, 0.3) is 6.33 Å². The van der Waals surface area contributed by atoms with Crippen molar-refractivity contribution in [3.63, 3.8) is 0 Å². The van der Waals surface area contributed by atoms with Crippen molar-refractivity contribution in [2.75, 3.05) is 0 Å². The molecule has 0 fully saturated rings. The van der Waals surface area contributed by atoms with E-state index in [0.29, 0.717) is 17.4 Å². The summed E-state index contributed by atoms with van der Waals surface area (Å²) in [5.74, 6) is 2.25. The molecule has 0 aliphatic rings. The first kappa shape index (κ1) is 50.5. The summed E-state index contributed by atoms with van der Waals surface area (Å²) in [5, 5.41) is 4.52. The predicted molar refractivity (Wildman–Crippen MR) is 317 cm³/mol. The van der Waals surface area contributed by atoms with Gasteiger partial charge in [-0.3, -0.25) is 4.57 Å². The van der Waals surface area contributed by atoms with Crippen LogP contribution in [0.3, 0.4) is 0 Å². The minimum Gasteiger partial charge on any atom is -0.510 e. The fourth-order valence-corrected chi connectivity index (χ4v) is 11.2. The Bertz CT molecular complexity index is 4340. The van der Waals surface area contributed by atoms with Gasteiger partial charge in [-0.1, -0.05) is 212 Å². The van der Waals surface area contributed by atoms with Crippen molar-refractivity contribution >= 4 is 54.6 Å². The third-order valence-corrected chi connectivity index (χ3v) is 15.2. The Balaban J connectivity index is 0.00000609. The van der Waals surface area contributed by atoms with Crippen LogP contribution in [0, 0.1) is 18.5 Å². The van der Waals surface area contributed by atoms with Crippen LogP contribution < -0.4 is 9.30 Å².